The van der Waals surface area contributed by atoms with E-state index in [0.29, 0.717) is 25.9 Å². The number of nitrogens with two attached hydrogens (primary N) is 1. The van der Waals surface area contributed by atoms with Gasteiger partial charge in [-0.2, -0.15) is 0 Å². The second-order valence-corrected chi connectivity index (χ2v) is 6.82. The minimum Gasteiger partial charge on any atom is -0.381 e. The maximum absolute atomic E-state index is 12.6. The Kier molecular flexibility index (Phi) is 4.88. The van der Waals surface area contributed by atoms with Gasteiger partial charge in [-0.1, -0.05) is 17.7 Å². The summed E-state index contributed by atoms with van der Waals surface area (Å²) < 4.78 is 28.5. The first-order valence-corrected chi connectivity index (χ1v) is 8.40. The third kappa shape index (κ3) is 3.55. The molecule has 0 saturated carbocycles. The Bertz CT molecular complexity index is 640. The molecule has 6 nitrogen and oxygen atoms in total. The highest BCUT2D eigenvalue weighted by molar-refractivity contribution is 7.89. The third-order valence-corrected chi connectivity index (χ3v) is 4.83. The number of nitrogens with zero attached hydrogens (tertiary/aromatic N) is 1. The van der Waals surface area contributed by atoms with E-state index < -0.39 is 15.9 Å². The number of piperidine rings is 1. The molecule has 0 aromatic heterocycles. The second-order valence-electron chi connectivity index (χ2n) is 4.89. The summed E-state index contributed by atoms with van der Waals surface area (Å²) in [5.41, 5.74) is -0.0578. The molecule has 1 aromatic carbocycles. The van der Waals surface area contributed by atoms with Crippen molar-refractivity contribution in [3.05, 3.63) is 28.8 Å². The van der Waals surface area contributed by atoms with E-state index in [1.165, 1.54) is 18.2 Å². The fourth-order valence-corrected chi connectivity index (χ4v) is 3.46. The van der Waals surface area contributed by atoms with Crippen LogP contribution in [-0.4, -0.2) is 45.5 Å². The summed E-state index contributed by atoms with van der Waals surface area (Å²) in [6, 6.07) is 4.22. The van der Waals surface area contributed by atoms with Crippen molar-refractivity contribution in [1.82, 2.24) is 4.90 Å². The van der Waals surface area contributed by atoms with Crippen LogP contribution >= 0.6 is 11.6 Å². The topological polar surface area (TPSA) is 89.7 Å². The average molecular weight is 333 g/mol. The number of ether oxygens (including phenoxy) is 1. The normalized spacial score (nSPS) is 17.0. The molecule has 1 aliphatic heterocycles. The van der Waals surface area contributed by atoms with E-state index in [-0.39, 0.29) is 21.6 Å². The lowest BCUT2D eigenvalue weighted by atomic mass is 10.1. The predicted octanol–water partition coefficient (Wildman–Crippen LogP) is 1.24. The van der Waals surface area contributed by atoms with Crippen LogP contribution in [-0.2, 0) is 14.8 Å². The number of amides is 1. The molecule has 2 N–H and O–H groups in total. The summed E-state index contributed by atoms with van der Waals surface area (Å²) >= 11 is 6.01. The molecule has 2 rings (SSSR count). The Balaban J connectivity index is 2.32. The zero-order chi connectivity index (χ0) is 15.6. The molecule has 116 valence electrons. The minimum atomic E-state index is -4.01. The van der Waals surface area contributed by atoms with Crippen LogP contribution in [0.3, 0.4) is 0 Å². The number of hydrogen-bond donors (Lipinski definition) is 1. The molecule has 1 amide bonds. The first kappa shape index (κ1) is 16.2. The zero-order valence-corrected chi connectivity index (χ0v) is 13.2. The van der Waals surface area contributed by atoms with Crippen LogP contribution in [0.4, 0.5) is 0 Å². The summed E-state index contributed by atoms with van der Waals surface area (Å²) in [4.78, 5) is 13.9. The van der Waals surface area contributed by atoms with Crippen LogP contribution < -0.4 is 5.14 Å². The molecule has 1 saturated heterocycles. The Hall–Kier alpha value is -1.15. The van der Waals surface area contributed by atoms with Gasteiger partial charge in [0.2, 0.25) is 10.0 Å². The summed E-state index contributed by atoms with van der Waals surface area (Å²) in [5.74, 6) is -0.417. The van der Waals surface area contributed by atoms with Gasteiger partial charge in [-0.15, -0.1) is 0 Å². The SMILES string of the molecule is COC1CCN(C(=O)c2c(Cl)cccc2S(N)(=O)=O)CC1. The van der Waals surface area contributed by atoms with Crippen LogP contribution in [0.25, 0.3) is 0 Å². The number of halogens is 1. The average Bonchev–Trinajstić information content (AvgIpc) is 2.45. The van der Waals surface area contributed by atoms with E-state index in [1.807, 2.05) is 0 Å². The minimum absolute atomic E-state index is 0.0578. The smallest absolute Gasteiger partial charge is 0.256 e. The van der Waals surface area contributed by atoms with E-state index in [9.17, 15) is 13.2 Å². The number of sulfonamides is 1. The number of carbonyl (C=O) groups excluding carboxylic acids is 1. The van der Waals surface area contributed by atoms with Crippen LogP contribution in [0.5, 0.6) is 0 Å². The van der Waals surface area contributed by atoms with Gasteiger partial charge in [0.1, 0.15) is 0 Å². The number of primary sulfonamides is 1. The molecular formula is C13H17ClN2O4S. The monoisotopic (exact) mass is 332 g/mol. The van der Waals surface area contributed by atoms with Gasteiger partial charge in [0.15, 0.2) is 0 Å². The number of methoxy groups -OCH3 is 1. The maximum Gasteiger partial charge on any atom is 0.256 e. The van der Waals surface area contributed by atoms with Gasteiger partial charge >= 0.3 is 0 Å². The van der Waals surface area contributed by atoms with Crippen LogP contribution in [0.2, 0.25) is 5.02 Å². The Morgan fingerprint density at radius 2 is 2.00 bits per heavy atom. The molecule has 8 heteroatoms. The predicted molar refractivity (Wildman–Crippen MR) is 78.8 cm³/mol. The lowest BCUT2D eigenvalue weighted by Crippen LogP contribution is -2.41. The Morgan fingerprint density at radius 3 is 2.52 bits per heavy atom. The summed E-state index contributed by atoms with van der Waals surface area (Å²) in [6.07, 6.45) is 1.53. The molecule has 1 heterocycles. The van der Waals surface area contributed by atoms with Crippen LogP contribution in [0.1, 0.15) is 23.2 Å². The van der Waals surface area contributed by atoms with Crippen molar-refractivity contribution in [2.75, 3.05) is 20.2 Å². The molecule has 0 atom stereocenters. The molecule has 0 aliphatic carbocycles. The molecule has 1 aliphatic rings. The summed E-state index contributed by atoms with van der Waals surface area (Å²) in [6.45, 7) is 0.985. The van der Waals surface area contributed by atoms with E-state index >= 15 is 0 Å². The highest BCUT2D eigenvalue weighted by Crippen LogP contribution is 2.26. The van der Waals surface area contributed by atoms with E-state index in [1.54, 1.807) is 12.0 Å². The van der Waals surface area contributed by atoms with Gasteiger partial charge in [0.25, 0.3) is 5.91 Å². The van der Waals surface area contributed by atoms with Gasteiger partial charge in [-0.25, -0.2) is 13.6 Å². The Labute approximate surface area is 128 Å². The molecule has 0 unspecified atom stereocenters. The molecule has 0 radical (unpaired) electrons. The zero-order valence-electron chi connectivity index (χ0n) is 11.6. The van der Waals surface area contributed by atoms with Crippen LogP contribution in [0.15, 0.2) is 23.1 Å². The van der Waals surface area contributed by atoms with E-state index in [0.717, 1.165) is 0 Å². The second kappa shape index (κ2) is 6.31. The van der Waals surface area contributed by atoms with Gasteiger partial charge in [0, 0.05) is 20.2 Å². The molecule has 21 heavy (non-hydrogen) atoms. The Morgan fingerprint density at radius 1 is 1.38 bits per heavy atom. The van der Waals surface area contributed by atoms with Crippen molar-refractivity contribution < 1.29 is 17.9 Å². The molecular weight excluding hydrogens is 316 g/mol. The number of benzene rings is 1. The standard InChI is InChI=1S/C13H17ClN2O4S/c1-20-9-5-7-16(8-6-9)13(17)12-10(14)3-2-4-11(12)21(15,18)19/h2-4,9H,5-8H2,1H3,(H2,15,18,19). The van der Waals surface area contributed by atoms with Crippen molar-refractivity contribution in [2.45, 2.75) is 23.8 Å². The molecule has 1 aromatic rings. The molecule has 0 spiro atoms. The van der Waals surface area contributed by atoms with E-state index in [2.05, 4.69) is 0 Å². The highest BCUT2D eigenvalue weighted by atomic mass is 35.5. The van der Waals surface area contributed by atoms with Crippen molar-refractivity contribution >= 4 is 27.5 Å². The number of carbonyl (C=O) groups is 1. The first-order chi connectivity index (χ1) is 9.84. The van der Waals surface area contributed by atoms with Crippen molar-refractivity contribution in [1.29, 1.82) is 0 Å². The van der Waals surface area contributed by atoms with E-state index in [4.69, 9.17) is 21.5 Å². The third-order valence-electron chi connectivity index (χ3n) is 3.56. The summed E-state index contributed by atoms with van der Waals surface area (Å²) in [7, 11) is -2.38. The lowest BCUT2D eigenvalue weighted by molar-refractivity contribution is 0.0349. The highest BCUT2D eigenvalue weighted by Gasteiger charge is 2.29. The number of hydrogen-bond acceptors (Lipinski definition) is 4. The maximum atomic E-state index is 12.6. The largest absolute Gasteiger partial charge is 0.381 e. The fourth-order valence-electron chi connectivity index (χ4n) is 2.40. The van der Waals surface area contributed by atoms with Gasteiger partial charge in [-0.3, -0.25) is 4.79 Å². The van der Waals surface area contributed by atoms with Crippen molar-refractivity contribution in [3.8, 4) is 0 Å². The summed E-state index contributed by atoms with van der Waals surface area (Å²) in [5, 5.41) is 5.24. The quantitative estimate of drug-likeness (QED) is 0.901. The van der Waals surface area contributed by atoms with Crippen molar-refractivity contribution in [3.63, 3.8) is 0 Å². The number of rotatable bonds is 3. The van der Waals surface area contributed by atoms with Gasteiger partial charge in [0.05, 0.1) is 21.6 Å². The van der Waals surface area contributed by atoms with Crippen LogP contribution in [0, 0.1) is 0 Å². The van der Waals surface area contributed by atoms with Gasteiger partial charge in [-0.05, 0) is 25.0 Å². The van der Waals surface area contributed by atoms with Gasteiger partial charge < -0.3 is 9.64 Å². The molecule has 1 fully saturated rings. The number of likely N-dealkylation sites (tertiary alicyclic amines) is 1. The lowest BCUT2D eigenvalue weighted by Gasteiger charge is -2.31. The molecule has 0 bridgehead atoms. The fraction of sp³-hybridized carbons (Fsp3) is 0.462. The first-order valence-electron chi connectivity index (χ1n) is 6.48. The van der Waals surface area contributed by atoms with Crippen molar-refractivity contribution in [2.24, 2.45) is 5.14 Å².